The van der Waals surface area contributed by atoms with Crippen LogP contribution >= 0.6 is 0 Å². The maximum absolute atomic E-state index is 11.4. The molecule has 0 saturated carbocycles. The Morgan fingerprint density at radius 3 is 2.58 bits per heavy atom. The summed E-state index contributed by atoms with van der Waals surface area (Å²) in [7, 11) is 0. The highest BCUT2D eigenvalue weighted by Gasteiger charge is 2.20. The summed E-state index contributed by atoms with van der Waals surface area (Å²) in [6.45, 7) is 3.75. The minimum absolute atomic E-state index is 0.0248. The fourth-order valence-corrected chi connectivity index (χ4v) is 3.50. The van der Waals surface area contributed by atoms with Crippen molar-refractivity contribution in [1.82, 2.24) is 14.5 Å². The molecule has 0 aliphatic heterocycles. The monoisotopic (exact) mass is 419 g/mol. The molecule has 4 rings (SSSR count). The molecular formula is C22H21N5O4. The van der Waals surface area contributed by atoms with E-state index >= 15 is 0 Å². The van der Waals surface area contributed by atoms with E-state index in [9.17, 15) is 15.2 Å². The summed E-state index contributed by atoms with van der Waals surface area (Å²) in [6.07, 6.45) is 3.44. The Morgan fingerprint density at radius 2 is 1.94 bits per heavy atom. The van der Waals surface area contributed by atoms with Gasteiger partial charge < -0.3 is 20.1 Å². The molecule has 158 valence electrons. The topological polar surface area (TPSA) is 129 Å². The van der Waals surface area contributed by atoms with Crippen LogP contribution < -0.4 is 10.5 Å². The number of fused-ring (bicyclic) bond motifs is 1. The van der Waals surface area contributed by atoms with Gasteiger partial charge >= 0.3 is 5.69 Å². The number of anilines is 1. The molecule has 2 aromatic carbocycles. The van der Waals surface area contributed by atoms with Gasteiger partial charge in [0.05, 0.1) is 16.9 Å². The first kappa shape index (κ1) is 20.3. The quantitative estimate of drug-likeness (QED) is 0.349. The van der Waals surface area contributed by atoms with E-state index in [0.29, 0.717) is 17.1 Å². The number of hydrogen-bond acceptors (Lipinski definition) is 7. The summed E-state index contributed by atoms with van der Waals surface area (Å²) in [5.41, 5.74) is 8.79. The van der Waals surface area contributed by atoms with Gasteiger partial charge in [0.1, 0.15) is 23.5 Å². The van der Waals surface area contributed by atoms with E-state index in [2.05, 4.69) is 23.8 Å². The molecule has 0 aliphatic rings. The minimum atomic E-state index is -0.535. The zero-order chi connectivity index (χ0) is 22.1. The average Bonchev–Trinajstić information content (AvgIpc) is 3.15. The number of nitrogens with zero attached hydrogens (tertiary/aromatic N) is 4. The van der Waals surface area contributed by atoms with Crippen LogP contribution in [0, 0.1) is 10.1 Å². The summed E-state index contributed by atoms with van der Waals surface area (Å²) in [4.78, 5) is 19.3. The third-order valence-corrected chi connectivity index (χ3v) is 5.02. The number of hydrogen-bond donors (Lipinski definition) is 2. The van der Waals surface area contributed by atoms with Gasteiger partial charge in [-0.15, -0.1) is 0 Å². The van der Waals surface area contributed by atoms with Crippen molar-refractivity contribution >= 4 is 22.5 Å². The third-order valence-electron chi connectivity index (χ3n) is 5.02. The van der Waals surface area contributed by atoms with Crippen LogP contribution in [0.3, 0.4) is 0 Å². The van der Waals surface area contributed by atoms with Gasteiger partial charge in [-0.1, -0.05) is 24.3 Å². The number of aliphatic hydroxyl groups is 1. The van der Waals surface area contributed by atoms with Crippen LogP contribution in [0.5, 0.6) is 11.5 Å². The third kappa shape index (κ3) is 3.66. The van der Waals surface area contributed by atoms with Crippen LogP contribution in [-0.4, -0.2) is 24.6 Å². The molecule has 9 nitrogen and oxygen atoms in total. The molecule has 0 fully saturated rings. The summed E-state index contributed by atoms with van der Waals surface area (Å²) in [5, 5.41) is 21.7. The Hall–Kier alpha value is -3.98. The van der Waals surface area contributed by atoms with E-state index in [1.165, 1.54) is 18.5 Å². The first-order chi connectivity index (χ1) is 14.9. The van der Waals surface area contributed by atoms with E-state index in [0.717, 1.165) is 22.2 Å². The van der Waals surface area contributed by atoms with Crippen molar-refractivity contribution in [1.29, 1.82) is 0 Å². The lowest BCUT2D eigenvalue weighted by atomic mass is 10.1. The van der Waals surface area contributed by atoms with Crippen LogP contribution in [0.1, 0.15) is 25.5 Å². The maximum atomic E-state index is 11.4. The summed E-state index contributed by atoms with van der Waals surface area (Å²) >= 11 is 0. The van der Waals surface area contributed by atoms with E-state index < -0.39 is 4.92 Å². The summed E-state index contributed by atoms with van der Waals surface area (Å²) < 4.78 is 7.82. The van der Waals surface area contributed by atoms with Gasteiger partial charge in [0.2, 0.25) is 5.75 Å². The average molecular weight is 419 g/mol. The van der Waals surface area contributed by atoms with Crippen molar-refractivity contribution in [3.63, 3.8) is 0 Å². The number of nitrogen functional groups attached to an aromatic ring is 1. The van der Waals surface area contributed by atoms with Gasteiger partial charge in [0.15, 0.2) is 0 Å². The molecule has 0 bridgehead atoms. The number of benzene rings is 2. The normalized spacial score (nSPS) is 11.2. The number of aromatic nitrogens is 3. The smallest absolute Gasteiger partial charge is 0.311 e. The van der Waals surface area contributed by atoms with Crippen molar-refractivity contribution in [2.75, 3.05) is 5.73 Å². The number of nitro groups is 1. The molecular weight excluding hydrogens is 398 g/mol. The molecule has 0 radical (unpaired) electrons. The zero-order valence-electron chi connectivity index (χ0n) is 17.0. The van der Waals surface area contributed by atoms with E-state index in [4.69, 9.17) is 10.5 Å². The Kier molecular flexibility index (Phi) is 5.26. The Morgan fingerprint density at radius 1 is 1.19 bits per heavy atom. The van der Waals surface area contributed by atoms with Crippen molar-refractivity contribution in [2.24, 2.45) is 0 Å². The molecule has 31 heavy (non-hydrogen) atoms. The molecule has 0 saturated heterocycles. The zero-order valence-corrected chi connectivity index (χ0v) is 17.0. The van der Waals surface area contributed by atoms with E-state index in [-0.39, 0.29) is 24.1 Å². The van der Waals surface area contributed by atoms with Crippen LogP contribution in [0.25, 0.3) is 22.2 Å². The van der Waals surface area contributed by atoms with Crippen molar-refractivity contribution in [2.45, 2.75) is 26.5 Å². The highest BCUT2D eigenvalue weighted by molar-refractivity contribution is 6.00. The van der Waals surface area contributed by atoms with Gasteiger partial charge in [-0.05, 0) is 31.5 Å². The lowest BCUT2D eigenvalue weighted by Crippen LogP contribution is -2.00. The van der Waals surface area contributed by atoms with Crippen LogP contribution in [-0.2, 0) is 6.61 Å². The molecule has 0 unspecified atom stereocenters. The number of aliphatic hydroxyl groups excluding tert-OH is 1. The second kappa shape index (κ2) is 8.04. The molecule has 0 amide bonds. The Bertz CT molecular complexity index is 1270. The number of nitrogens with two attached hydrogens (primary N) is 1. The minimum Gasteiger partial charge on any atom is -0.450 e. The Balaban J connectivity index is 1.74. The lowest BCUT2D eigenvalue weighted by molar-refractivity contribution is -0.385. The summed E-state index contributed by atoms with van der Waals surface area (Å²) in [5.74, 6) is 0.827. The van der Waals surface area contributed by atoms with Crippen molar-refractivity contribution in [3.8, 4) is 22.6 Å². The molecule has 0 spiro atoms. The molecule has 2 aromatic heterocycles. The molecule has 3 N–H and O–H groups in total. The van der Waals surface area contributed by atoms with Crippen LogP contribution in [0.4, 0.5) is 11.5 Å². The van der Waals surface area contributed by atoms with Crippen molar-refractivity contribution < 1.29 is 14.8 Å². The van der Waals surface area contributed by atoms with Crippen LogP contribution in [0.15, 0.2) is 55.0 Å². The molecule has 9 heteroatoms. The van der Waals surface area contributed by atoms with Gasteiger partial charge in [0, 0.05) is 29.4 Å². The number of nitro benzene ring substituents is 1. The molecule has 0 atom stereocenters. The van der Waals surface area contributed by atoms with E-state index in [1.807, 2.05) is 22.9 Å². The first-order valence-corrected chi connectivity index (χ1v) is 9.67. The van der Waals surface area contributed by atoms with Gasteiger partial charge in [0.25, 0.3) is 0 Å². The van der Waals surface area contributed by atoms with Gasteiger partial charge in [-0.2, -0.15) is 0 Å². The first-order valence-electron chi connectivity index (χ1n) is 9.67. The largest absolute Gasteiger partial charge is 0.450 e. The highest BCUT2D eigenvalue weighted by atomic mass is 16.6. The summed E-state index contributed by atoms with van der Waals surface area (Å²) in [6, 6.07) is 11.7. The lowest BCUT2D eigenvalue weighted by Gasteiger charge is -2.10. The Labute approximate surface area is 177 Å². The second-order valence-electron chi connectivity index (χ2n) is 7.31. The van der Waals surface area contributed by atoms with Gasteiger partial charge in [-0.25, -0.2) is 9.97 Å². The number of rotatable bonds is 6. The predicted octanol–water partition coefficient (Wildman–Crippen LogP) is 4.45. The standard InChI is InChI=1S/C22H21N5O4/c1-13(2)26-10-17(19-21(23)24-12-25-22(19)26)14-6-8-16(9-7-14)31-20-15(11-28)4-3-5-18(20)27(29)30/h3-10,12-13,28H,11H2,1-2H3,(H2,23,24,25). The molecule has 0 aliphatic carbocycles. The predicted molar refractivity (Wildman–Crippen MR) is 117 cm³/mol. The van der Waals surface area contributed by atoms with Crippen LogP contribution in [0.2, 0.25) is 0 Å². The number of para-hydroxylation sites is 1. The van der Waals surface area contributed by atoms with Gasteiger partial charge in [-0.3, -0.25) is 10.1 Å². The second-order valence-corrected chi connectivity index (χ2v) is 7.31. The fourth-order valence-electron chi connectivity index (χ4n) is 3.50. The number of ether oxygens (including phenoxy) is 1. The maximum Gasteiger partial charge on any atom is 0.311 e. The highest BCUT2D eigenvalue weighted by Crippen LogP contribution is 2.37. The molecule has 2 heterocycles. The molecule has 4 aromatic rings. The van der Waals surface area contributed by atoms with Crippen molar-refractivity contribution in [3.05, 3.63) is 70.7 Å². The fraction of sp³-hybridized carbons (Fsp3) is 0.182. The SMILES string of the molecule is CC(C)n1cc(-c2ccc(Oc3c(CO)cccc3[N+](=O)[O-])cc2)c2c(N)ncnc21. The van der Waals surface area contributed by atoms with E-state index in [1.54, 1.807) is 18.2 Å².